The summed E-state index contributed by atoms with van der Waals surface area (Å²) < 4.78 is 9.33. The van der Waals surface area contributed by atoms with Crippen molar-refractivity contribution in [3.05, 3.63) is 24.3 Å². The minimum absolute atomic E-state index is 0.0142. The van der Waals surface area contributed by atoms with Crippen LogP contribution in [0.4, 0.5) is 5.00 Å². The van der Waals surface area contributed by atoms with Crippen molar-refractivity contribution in [3.8, 4) is 0 Å². The van der Waals surface area contributed by atoms with Crippen molar-refractivity contribution in [1.82, 2.24) is 4.37 Å². The second-order valence-electron chi connectivity index (χ2n) is 4.81. The lowest BCUT2D eigenvalue weighted by Gasteiger charge is -2.31. The fraction of sp³-hybridized carbons (Fsp3) is 0.429. The summed E-state index contributed by atoms with van der Waals surface area (Å²) in [5, 5.41) is 2.35. The van der Waals surface area contributed by atoms with Crippen LogP contribution in [0.5, 0.6) is 0 Å². The molecule has 3 rings (SSSR count). The number of piperidine rings is 1. The van der Waals surface area contributed by atoms with E-state index in [1.54, 1.807) is 0 Å². The number of nitrogens with zero attached hydrogens (tertiary/aromatic N) is 2. The van der Waals surface area contributed by atoms with Crippen LogP contribution in [0.25, 0.3) is 10.9 Å². The molecule has 0 amide bonds. The maximum absolute atomic E-state index is 11.7. The van der Waals surface area contributed by atoms with E-state index in [1.165, 1.54) is 29.0 Å². The number of benzene rings is 1. The monoisotopic (exact) mass is 276 g/mol. The predicted octanol–water partition coefficient (Wildman–Crippen LogP) is 2.69. The molecule has 1 fully saturated rings. The van der Waals surface area contributed by atoms with Gasteiger partial charge in [0.25, 0.3) is 0 Å². The predicted molar refractivity (Wildman–Crippen MR) is 76.6 cm³/mol. The van der Waals surface area contributed by atoms with Crippen molar-refractivity contribution in [2.24, 2.45) is 5.92 Å². The number of fused-ring (bicyclic) bond motifs is 1. The van der Waals surface area contributed by atoms with Gasteiger partial charge in [0.05, 0.1) is 18.5 Å². The van der Waals surface area contributed by atoms with Gasteiger partial charge in [-0.05, 0) is 36.5 Å². The zero-order valence-electron chi connectivity index (χ0n) is 10.8. The largest absolute Gasteiger partial charge is 0.469 e. The normalized spacial score (nSPS) is 19.6. The zero-order chi connectivity index (χ0) is 13.2. The van der Waals surface area contributed by atoms with E-state index >= 15 is 0 Å². The Balaban J connectivity index is 1.87. The molecule has 100 valence electrons. The summed E-state index contributed by atoms with van der Waals surface area (Å²) in [7, 11) is 1.46. The first-order chi connectivity index (χ1) is 9.29. The number of ether oxygens (including phenoxy) is 1. The third-order valence-electron chi connectivity index (χ3n) is 3.61. The highest BCUT2D eigenvalue weighted by Gasteiger charge is 2.28. The van der Waals surface area contributed by atoms with E-state index < -0.39 is 0 Å². The number of hydrogen-bond donors (Lipinski definition) is 0. The van der Waals surface area contributed by atoms with Gasteiger partial charge < -0.3 is 9.64 Å². The van der Waals surface area contributed by atoms with Gasteiger partial charge in [-0.15, -0.1) is 0 Å². The molecule has 2 aromatic rings. The molecule has 1 aromatic carbocycles. The van der Waals surface area contributed by atoms with Crippen LogP contribution in [0, 0.1) is 5.92 Å². The maximum atomic E-state index is 11.7. The van der Waals surface area contributed by atoms with Gasteiger partial charge in [0.15, 0.2) is 0 Å². The average molecular weight is 276 g/mol. The second-order valence-corrected chi connectivity index (χ2v) is 5.57. The molecule has 5 heteroatoms. The van der Waals surface area contributed by atoms with Crippen LogP contribution in [0.15, 0.2) is 24.3 Å². The van der Waals surface area contributed by atoms with E-state index in [4.69, 9.17) is 4.74 Å². The second kappa shape index (κ2) is 5.17. The van der Waals surface area contributed by atoms with Crippen LogP contribution < -0.4 is 4.90 Å². The fourth-order valence-electron chi connectivity index (χ4n) is 2.62. The summed E-state index contributed by atoms with van der Waals surface area (Å²) >= 11 is 1.51. The Kier molecular flexibility index (Phi) is 3.38. The molecule has 0 spiro atoms. The van der Waals surface area contributed by atoms with E-state index in [0.29, 0.717) is 0 Å². The van der Waals surface area contributed by atoms with Crippen molar-refractivity contribution in [2.45, 2.75) is 12.8 Å². The molecule has 0 N–H and O–H groups in total. The Morgan fingerprint density at radius 2 is 2.32 bits per heavy atom. The molecule has 1 unspecified atom stereocenters. The molecule has 0 saturated carbocycles. The van der Waals surface area contributed by atoms with E-state index in [0.717, 1.165) is 31.4 Å². The SMILES string of the molecule is COC(=O)C1CCCN(c2snc3ccccc23)C1. The van der Waals surface area contributed by atoms with Crippen LogP contribution in [0.1, 0.15) is 12.8 Å². The zero-order valence-corrected chi connectivity index (χ0v) is 11.7. The lowest BCUT2D eigenvalue weighted by molar-refractivity contribution is -0.145. The van der Waals surface area contributed by atoms with E-state index in [2.05, 4.69) is 15.3 Å². The summed E-state index contributed by atoms with van der Waals surface area (Å²) in [5.41, 5.74) is 1.03. The summed E-state index contributed by atoms with van der Waals surface area (Å²) in [4.78, 5) is 14.0. The Morgan fingerprint density at radius 1 is 1.47 bits per heavy atom. The smallest absolute Gasteiger partial charge is 0.310 e. The van der Waals surface area contributed by atoms with Gasteiger partial charge in [0, 0.05) is 18.5 Å². The number of hydrogen-bond acceptors (Lipinski definition) is 5. The molecule has 1 atom stereocenters. The van der Waals surface area contributed by atoms with Crippen molar-refractivity contribution < 1.29 is 9.53 Å². The molecule has 0 radical (unpaired) electrons. The average Bonchev–Trinajstić information content (AvgIpc) is 2.90. The number of methoxy groups -OCH3 is 1. The fourth-order valence-corrected chi connectivity index (χ4v) is 3.52. The van der Waals surface area contributed by atoms with E-state index in [1.807, 2.05) is 18.2 Å². The van der Waals surface area contributed by atoms with Crippen molar-refractivity contribution >= 4 is 33.4 Å². The Bertz CT molecular complexity index is 596. The number of aromatic nitrogens is 1. The molecule has 1 aromatic heterocycles. The van der Waals surface area contributed by atoms with Crippen molar-refractivity contribution in [3.63, 3.8) is 0 Å². The summed E-state index contributed by atoms with van der Waals surface area (Å²) in [5.74, 6) is -0.113. The first-order valence-corrected chi connectivity index (χ1v) is 7.24. The van der Waals surface area contributed by atoms with E-state index in [9.17, 15) is 4.79 Å². The maximum Gasteiger partial charge on any atom is 0.310 e. The van der Waals surface area contributed by atoms with Crippen LogP contribution in [0.3, 0.4) is 0 Å². The number of anilines is 1. The quantitative estimate of drug-likeness (QED) is 0.791. The standard InChI is InChI=1S/C14H16N2O2S/c1-18-14(17)10-5-4-8-16(9-10)13-11-6-2-3-7-12(11)15-19-13/h2-3,6-7,10H,4-5,8-9H2,1H3. The third-order valence-corrected chi connectivity index (χ3v) is 4.55. The first kappa shape index (κ1) is 12.4. The highest BCUT2D eigenvalue weighted by atomic mass is 32.1. The van der Waals surface area contributed by atoms with Crippen molar-refractivity contribution in [1.29, 1.82) is 0 Å². The molecule has 0 bridgehead atoms. The molecule has 1 aliphatic rings. The van der Waals surface area contributed by atoms with Gasteiger partial charge in [-0.25, -0.2) is 0 Å². The van der Waals surface area contributed by atoms with Crippen LogP contribution in [-0.2, 0) is 9.53 Å². The molecule has 1 aliphatic heterocycles. The van der Waals surface area contributed by atoms with Crippen molar-refractivity contribution in [2.75, 3.05) is 25.1 Å². The minimum Gasteiger partial charge on any atom is -0.469 e. The molecular weight excluding hydrogens is 260 g/mol. The molecule has 4 nitrogen and oxygen atoms in total. The highest BCUT2D eigenvalue weighted by molar-refractivity contribution is 7.11. The lowest BCUT2D eigenvalue weighted by Crippen LogP contribution is -2.38. The molecule has 19 heavy (non-hydrogen) atoms. The molecule has 1 saturated heterocycles. The van der Waals surface area contributed by atoms with E-state index in [-0.39, 0.29) is 11.9 Å². The number of rotatable bonds is 2. The minimum atomic E-state index is -0.0986. The number of carbonyl (C=O) groups excluding carboxylic acids is 1. The number of esters is 1. The topological polar surface area (TPSA) is 42.4 Å². The van der Waals surface area contributed by atoms with Gasteiger partial charge in [-0.2, -0.15) is 4.37 Å². The summed E-state index contributed by atoms with van der Waals surface area (Å²) in [6.45, 7) is 1.72. The van der Waals surface area contributed by atoms with Gasteiger partial charge in [-0.3, -0.25) is 4.79 Å². The van der Waals surface area contributed by atoms with Crippen LogP contribution in [0.2, 0.25) is 0 Å². The first-order valence-electron chi connectivity index (χ1n) is 6.47. The van der Waals surface area contributed by atoms with Gasteiger partial charge >= 0.3 is 5.97 Å². The summed E-state index contributed by atoms with van der Waals surface area (Å²) in [6, 6.07) is 8.15. The third kappa shape index (κ3) is 2.30. The van der Waals surface area contributed by atoms with Gasteiger partial charge in [-0.1, -0.05) is 12.1 Å². The number of carbonyl (C=O) groups is 1. The lowest BCUT2D eigenvalue weighted by atomic mass is 9.98. The Labute approximate surface area is 116 Å². The highest BCUT2D eigenvalue weighted by Crippen LogP contribution is 2.33. The van der Waals surface area contributed by atoms with Crippen LogP contribution >= 0.6 is 11.5 Å². The van der Waals surface area contributed by atoms with Gasteiger partial charge in [0.2, 0.25) is 0 Å². The van der Waals surface area contributed by atoms with Crippen LogP contribution in [-0.4, -0.2) is 30.5 Å². The Morgan fingerprint density at radius 3 is 3.16 bits per heavy atom. The molecule has 2 heterocycles. The van der Waals surface area contributed by atoms with Gasteiger partial charge in [0.1, 0.15) is 5.00 Å². The summed E-state index contributed by atoms with van der Waals surface area (Å²) in [6.07, 6.45) is 1.94. The molecular formula is C14H16N2O2S. The molecule has 0 aliphatic carbocycles. The Hall–Kier alpha value is -1.62.